The molecule has 7 heteroatoms. The highest BCUT2D eigenvalue weighted by Crippen LogP contribution is 2.21. The predicted octanol–water partition coefficient (Wildman–Crippen LogP) is 2.27. The molecule has 0 fully saturated rings. The van der Waals surface area contributed by atoms with E-state index in [1.807, 2.05) is 44.1 Å². The number of aromatic nitrogens is 1. The standard InChI is InChI=1S/C21H22N4O3/c1-13-10-14(25(2)3)8-9-17(13)24-19(26)12-23-21(28)16-11-22-18-7-5-4-6-15(18)20(16)27/h4-11H,12H2,1-3H3,(H,22,27)(H,23,28)(H,24,26). The number of aryl methyl sites for hydroxylation is 1. The van der Waals surface area contributed by atoms with Crippen molar-refractivity contribution < 1.29 is 9.59 Å². The van der Waals surface area contributed by atoms with E-state index >= 15 is 0 Å². The Labute approximate surface area is 162 Å². The zero-order valence-electron chi connectivity index (χ0n) is 16.0. The minimum atomic E-state index is -0.596. The summed E-state index contributed by atoms with van der Waals surface area (Å²) in [7, 11) is 3.88. The summed E-state index contributed by atoms with van der Waals surface area (Å²) in [5, 5.41) is 5.69. The monoisotopic (exact) mass is 378 g/mol. The van der Waals surface area contributed by atoms with Crippen molar-refractivity contribution in [3.8, 4) is 0 Å². The third kappa shape index (κ3) is 4.03. The lowest BCUT2D eigenvalue weighted by molar-refractivity contribution is -0.115. The van der Waals surface area contributed by atoms with Gasteiger partial charge in [0.05, 0.1) is 6.54 Å². The third-order valence-corrected chi connectivity index (χ3v) is 4.44. The Bertz CT molecular complexity index is 1100. The van der Waals surface area contributed by atoms with Gasteiger partial charge in [-0.25, -0.2) is 0 Å². The molecule has 0 saturated carbocycles. The smallest absolute Gasteiger partial charge is 0.257 e. The quantitative estimate of drug-likeness (QED) is 0.635. The Balaban J connectivity index is 1.66. The van der Waals surface area contributed by atoms with Crippen LogP contribution in [0, 0.1) is 6.92 Å². The number of H-pyrrole nitrogens is 1. The summed E-state index contributed by atoms with van der Waals surface area (Å²) in [5.41, 5.74) is 2.86. The Morgan fingerprint density at radius 3 is 2.57 bits per heavy atom. The highest BCUT2D eigenvalue weighted by Gasteiger charge is 2.14. The number of fused-ring (bicyclic) bond motifs is 1. The molecule has 0 saturated heterocycles. The molecular formula is C21H22N4O3. The highest BCUT2D eigenvalue weighted by molar-refractivity contribution is 6.01. The predicted molar refractivity (Wildman–Crippen MR) is 111 cm³/mol. The second kappa shape index (κ2) is 7.96. The van der Waals surface area contributed by atoms with Crippen LogP contribution in [0.15, 0.2) is 53.5 Å². The second-order valence-electron chi connectivity index (χ2n) is 6.70. The normalized spacial score (nSPS) is 10.5. The molecule has 0 unspecified atom stereocenters. The van der Waals surface area contributed by atoms with Crippen LogP contribution in [-0.2, 0) is 4.79 Å². The maximum Gasteiger partial charge on any atom is 0.257 e. The van der Waals surface area contributed by atoms with E-state index in [2.05, 4.69) is 15.6 Å². The molecular weight excluding hydrogens is 356 g/mol. The number of hydrogen-bond donors (Lipinski definition) is 3. The van der Waals surface area contributed by atoms with Gasteiger partial charge in [-0.05, 0) is 42.8 Å². The number of aromatic amines is 1. The maximum atomic E-state index is 12.5. The number of hydrogen-bond acceptors (Lipinski definition) is 4. The van der Waals surface area contributed by atoms with Crippen LogP contribution in [0.1, 0.15) is 15.9 Å². The summed E-state index contributed by atoms with van der Waals surface area (Å²) in [5.74, 6) is -0.965. The van der Waals surface area contributed by atoms with Crippen molar-refractivity contribution in [1.82, 2.24) is 10.3 Å². The van der Waals surface area contributed by atoms with Crippen molar-refractivity contribution in [3.05, 3.63) is 70.0 Å². The molecule has 3 N–H and O–H groups in total. The lowest BCUT2D eigenvalue weighted by atomic mass is 10.1. The molecule has 0 radical (unpaired) electrons. The second-order valence-corrected chi connectivity index (χ2v) is 6.70. The van der Waals surface area contributed by atoms with Gasteiger partial charge in [0.25, 0.3) is 5.91 Å². The number of amides is 2. The fraction of sp³-hybridized carbons (Fsp3) is 0.190. The number of carbonyl (C=O) groups is 2. The summed E-state index contributed by atoms with van der Waals surface area (Å²) in [4.78, 5) is 41.9. The molecule has 3 rings (SSSR count). The van der Waals surface area contributed by atoms with Crippen LogP contribution < -0.4 is 21.0 Å². The van der Waals surface area contributed by atoms with E-state index in [1.54, 1.807) is 24.3 Å². The number of carbonyl (C=O) groups excluding carboxylic acids is 2. The average molecular weight is 378 g/mol. The Hall–Kier alpha value is -3.61. The van der Waals surface area contributed by atoms with Gasteiger partial charge in [-0.1, -0.05) is 12.1 Å². The zero-order chi connectivity index (χ0) is 20.3. The van der Waals surface area contributed by atoms with Crippen LogP contribution in [0.4, 0.5) is 11.4 Å². The van der Waals surface area contributed by atoms with Crippen LogP contribution in [0.3, 0.4) is 0 Å². The lowest BCUT2D eigenvalue weighted by Gasteiger charge is -2.15. The fourth-order valence-electron chi connectivity index (χ4n) is 2.85. The Morgan fingerprint density at radius 1 is 1.11 bits per heavy atom. The molecule has 0 aliphatic heterocycles. The molecule has 0 aliphatic rings. The molecule has 1 heterocycles. The number of para-hydroxylation sites is 1. The number of benzene rings is 2. The average Bonchev–Trinajstić information content (AvgIpc) is 2.68. The maximum absolute atomic E-state index is 12.5. The van der Waals surface area contributed by atoms with Gasteiger partial charge < -0.3 is 20.5 Å². The Morgan fingerprint density at radius 2 is 1.86 bits per heavy atom. The van der Waals surface area contributed by atoms with Gasteiger partial charge in [-0.2, -0.15) is 0 Å². The molecule has 0 spiro atoms. The molecule has 0 aliphatic carbocycles. The van der Waals surface area contributed by atoms with Crippen molar-refractivity contribution in [1.29, 1.82) is 0 Å². The van der Waals surface area contributed by atoms with Crippen molar-refractivity contribution in [2.45, 2.75) is 6.92 Å². The topological polar surface area (TPSA) is 94.3 Å². The first kappa shape index (κ1) is 19.2. The van der Waals surface area contributed by atoms with E-state index in [4.69, 9.17) is 0 Å². The van der Waals surface area contributed by atoms with E-state index in [0.717, 1.165) is 11.3 Å². The molecule has 0 bridgehead atoms. The van der Waals surface area contributed by atoms with E-state index in [-0.39, 0.29) is 23.4 Å². The molecule has 1 aromatic heterocycles. The van der Waals surface area contributed by atoms with Crippen LogP contribution >= 0.6 is 0 Å². The van der Waals surface area contributed by atoms with Crippen molar-refractivity contribution in [2.24, 2.45) is 0 Å². The van der Waals surface area contributed by atoms with E-state index in [9.17, 15) is 14.4 Å². The number of rotatable bonds is 5. The van der Waals surface area contributed by atoms with E-state index < -0.39 is 5.91 Å². The van der Waals surface area contributed by atoms with Crippen molar-refractivity contribution in [3.63, 3.8) is 0 Å². The van der Waals surface area contributed by atoms with Crippen molar-refractivity contribution in [2.75, 3.05) is 30.9 Å². The molecule has 28 heavy (non-hydrogen) atoms. The molecule has 0 atom stereocenters. The highest BCUT2D eigenvalue weighted by atomic mass is 16.2. The summed E-state index contributed by atoms with van der Waals surface area (Å²) in [6, 6.07) is 12.6. The van der Waals surface area contributed by atoms with Crippen molar-refractivity contribution >= 4 is 34.1 Å². The molecule has 2 amide bonds. The number of nitrogens with one attached hydrogen (secondary N) is 3. The summed E-state index contributed by atoms with van der Waals surface area (Å²) >= 11 is 0. The summed E-state index contributed by atoms with van der Waals surface area (Å²) < 4.78 is 0. The van der Waals surface area contributed by atoms with E-state index in [0.29, 0.717) is 16.6 Å². The summed E-state index contributed by atoms with van der Waals surface area (Å²) in [6.07, 6.45) is 1.36. The van der Waals surface area contributed by atoms with Gasteiger partial charge in [0, 0.05) is 42.6 Å². The van der Waals surface area contributed by atoms with Gasteiger partial charge in [0.2, 0.25) is 11.3 Å². The zero-order valence-corrected chi connectivity index (χ0v) is 16.0. The molecule has 3 aromatic rings. The van der Waals surface area contributed by atoms with Crippen LogP contribution in [0.25, 0.3) is 10.9 Å². The number of pyridine rings is 1. The van der Waals surface area contributed by atoms with E-state index in [1.165, 1.54) is 6.20 Å². The van der Waals surface area contributed by atoms with Gasteiger partial charge in [0.15, 0.2) is 0 Å². The number of anilines is 2. The van der Waals surface area contributed by atoms with Crippen LogP contribution in [-0.4, -0.2) is 37.4 Å². The van der Waals surface area contributed by atoms with Gasteiger partial charge in [-0.3, -0.25) is 14.4 Å². The van der Waals surface area contributed by atoms with Gasteiger partial charge in [-0.15, -0.1) is 0 Å². The molecule has 144 valence electrons. The number of nitrogens with zero attached hydrogens (tertiary/aromatic N) is 1. The minimum absolute atomic E-state index is 0.0296. The van der Waals surface area contributed by atoms with Gasteiger partial charge in [0.1, 0.15) is 5.56 Å². The summed E-state index contributed by atoms with van der Waals surface area (Å²) in [6.45, 7) is 1.66. The first-order valence-electron chi connectivity index (χ1n) is 8.83. The largest absolute Gasteiger partial charge is 0.378 e. The first-order valence-corrected chi connectivity index (χ1v) is 8.83. The van der Waals surface area contributed by atoms with Crippen LogP contribution in [0.2, 0.25) is 0 Å². The molecule has 7 nitrogen and oxygen atoms in total. The molecule has 2 aromatic carbocycles. The third-order valence-electron chi connectivity index (χ3n) is 4.44. The lowest BCUT2D eigenvalue weighted by Crippen LogP contribution is -2.35. The fourth-order valence-corrected chi connectivity index (χ4v) is 2.85. The minimum Gasteiger partial charge on any atom is -0.378 e. The van der Waals surface area contributed by atoms with Gasteiger partial charge >= 0.3 is 0 Å². The van der Waals surface area contributed by atoms with Crippen LogP contribution in [0.5, 0.6) is 0 Å². The first-order chi connectivity index (χ1) is 13.4. The SMILES string of the molecule is Cc1cc(N(C)C)ccc1NC(=O)CNC(=O)c1c[nH]c2ccccc2c1=O. The Kier molecular flexibility index (Phi) is 5.44.